The fraction of sp³-hybridized carbons (Fsp3) is 0.182. The summed E-state index contributed by atoms with van der Waals surface area (Å²) >= 11 is 6.04. The first kappa shape index (κ1) is 10.1. The number of ether oxygens (including phenoxy) is 1. The highest BCUT2D eigenvalue weighted by Crippen LogP contribution is 2.28. The van der Waals surface area contributed by atoms with Gasteiger partial charge in [-0.05, 0) is 24.6 Å². The van der Waals surface area contributed by atoms with Crippen molar-refractivity contribution in [3.63, 3.8) is 0 Å². The van der Waals surface area contributed by atoms with Crippen LogP contribution in [0.15, 0.2) is 18.3 Å². The average Bonchev–Trinajstić information content (AvgIpc) is 2.71. The Hall–Kier alpha value is -1.48. The minimum atomic E-state index is -0.363. The van der Waals surface area contributed by atoms with Crippen molar-refractivity contribution in [1.29, 1.82) is 0 Å². The van der Waals surface area contributed by atoms with E-state index in [0.717, 1.165) is 16.5 Å². The van der Waals surface area contributed by atoms with Gasteiger partial charge in [0.05, 0.1) is 23.2 Å². The lowest BCUT2D eigenvalue weighted by molar-refractivity contribution is 0.0600. The summed E-state index contributed by atoms with van der Waals surface area (Å²) in [6.07, 6.45) is 1.80. The average molecular weight is 224 g/mol. The van der Waals surface area contributed by atoms with Crippen molar-refractivity contribution < 1.29 is 9.53 Å². The van der Waals surface area contributed by atoms with Gasteiger partial charge in [0.1, 0.15) is 0 Å². The molecule has 15 heavy (non-hydrogen) atoms. The molecule has 0 fully saturated rings. The molecule has 0 aliphatic carbocycles. The van der Waals surface area contributed by atoms with Crippen molar-refractivity contribution in [1.82, 2.24) is 4.98 Å². The molecular weight excluding hydrogens is 214 g/mol. The Morgan fingerprint density at radius 1 is 1.53 bits per heavy atom. The molecule has 0 atom stereocenters. The van der Waals surface area contributed by atoms with Gasteiger partial charge in [0, 0.05) is 11.6 Å². The van der Waals surface area contributed by atoms with Crippen LogP contribution < -0.4 is 0 Å². The number of fused-ring (bicyclic) bond motifs is 1. The molecule has 2 rings (SSSR count). The normalized spacial score (nSPS) is 10.6. The maximum absolute atomic E-state index is 11.5. The number of hydrogen-bond donors (Lipinski definition) is 1. The number of aromatic nitrogens is 1. The molecule has 0 aliphatic rings. The molecule has 1 N–H and O–H groups in total. The number of aromatic amines is 1. The zero-order valence-electron chi connectivity index (χ0n) is 8.43. The molecule has 0 saturated carbocycles. The molecule has 0 amide bonds. The Bertz CT molecular complexity index is 531. The molecule has 3 nitrogen and oxygen atoms in total. The Morgan fingerprint density at radius 2 is 2.27 bits per heavy atom. The maximum Gasteiger partial charge on any atom is 0.338 e. The molecule has 78 valence electrons. The molecule has 0 aliphatic heterocycles. The third kappa shape index (κ3) is 1.49. The predicted octanol–water partition coefficient (Wildman–Crippen LogP) is 2.92. The van der Waals surface area contributed by atoms with Gasteiger partial charge in [-0.2, -0.15) is 0 Å². The number of halogens is 1. The molecule has 0 spiro atoms. The van der Waals surface area contributed by atoms with Gasteiger partial charge >= 0.3 is 5.97 Å². The van der Waals surface area contributed by atoms with Crippen molar-refractivity contribution in [3.8, 4) is 0 Å². The van der Waals surface area contributed by atoms with Crippen molar-refractivity contribution in [2.75, 3.05) is 7.11 Å². The molecule has 1 aromatic carbocycles. The van der Waals surface area contributed by atoms with E-state index < -0.39 is 0 Å². The second-order valence-corrected chi connectivity index (χ2v) is 3.70. The van der Waals surface area contributed by atoms with Gasteiger partial charge in [-0.25, -0.2) is 4.79 Å². The van der Waals surface area contributed by atoms with Gasteiger partial charge in [0.2, 0.25) is 0 Å². The van der Waals surface area contributed by atoms with E-state index in [9.17, 15) is 4.79 Å². The fourth-order valence-electron chi connectivity index (χ4n) is 1.65. The molecule has 1 aromatic heterocycles. The molecule has 0 saturated heterocycles. The zero-order valence-corrected chi connectivity index (χ0v) is 9.18. The molecule has 2 aromatic rings. The molecule has 0 unspecified atom stereocenters. The fourth-order valence-corrected chi connectivity index (χ4v) is 1.92. The molecular formula is C11H10ClNO2. The Balaban J connectivity index is 2.76. The van der Waals surface area contributed by atoms with Crippen molar-refractivity contribution >= 4 is 28.5 Å². The lowest BCUT2D eigenvalue weighted by Crippen LogP contribution is -2.04. The van der Waals surface area contributed by atoms with E-state index in [-0.39, 0.29) is 5.97 Å². The van der Waals surface area contributed by atoms with E-state index in [1.165, 1.54) is 7.11 Å². The van der Waals surface area contributed by atoms with Crippen LogP contribution in [0.5, 0.6) is 0 Å². The smallest absolute Gasteiger partial charge is 0.338 e. The minimum absolute atomic E-state index is 0.363. The Kier molecular flexibility index (Phi) is 2.40. The third-order valence-corrected chi connectivity index (χ3v) is 2.77. The van der Waals surface area contributed by atoms with Crippen molar-refractivity contribution in [3.05, 3.63) is 34.5 Å². The van der Waals surface area contributed by atoms with Gasteiger partial charge in [-0.3, -0.25) is 0 Å². The van der Waals surface area contributed by atoms with E-state index in [1.54, 1.807) is 12.3 Å². The summed E-state index contributed by atoms with van der Waals surface area (Å²) in [5.74, 6) is -0.363. The highest BCUT2D eigenvalue weighted by molar-refractivity contribution is 6.35. The van der Waals surface area contributed by atoms with Crippen LogP contribution in [0.25, 0.3) is 10.9 Å². The number of nitrogens with one attached hydrogen (secondary N) is 1. The number of carbonyl (C=O) groups excluding carboxylic acids is 1. The van der Waals surface area contributed by atoms with Crippen LogP contribution in [0.1, 0.15) is 15.9 Å². The minimum Gasteiger partial charge on any atom is -0.465 e. The summed E-state index contributed by atoms with van der Waals surface area (Å²) in [6, 6.07) is 3.52. The van der Waals surface area contributed by atoms with Crippen LogP contribution in [0.2, 0.25) is 5.02 Å². The van der Waals surface area contributed by atoms with Crippen LogP contribution >= 0.6 is 11.6 Å². The highest BCUT2D eigenvalue weighted by atomic mass is 35.5. The van der Waals surface area contributed by atoms with Gasteiger partial charge in [0.25, 0.3) is 0 Å². The van der Waals surface area contributed by atoms with Crippen molar-refractivity contribution in [2.45, 2.75) is 6.92 Å². The van der Waals surface area contributed by atoms with E-state index in [1.807, 2.05) is 13.0 Å². The number of rotatable bonds is 1. The second-order valence-electron chi connectivity index (χ2n) is 3.29. The largest absolute Gasteiger partial charge is 0.465 e. The van der Waals surface area contributed by atoms with Gasteiger partial charge in [-0.15, -0.1) is 0 Å². The number of hydrogen-bond acceptors (Lipinski definition) is 2. The topological polar surface area (TPSA) is 42.1 Å². The zero-order chi connectivity index (χ0) is 11.0. The number of aryl methyl sites for hydroxylation is 1. The molecule has 0 radical (unpaired) electrons. The number of benzene rings is 1. The van der Waals surface area contributed by atoms with Crippen LogP contribution in [-0.2, 0) is 4.74 Å². The first-order chi connectivity index (χ1) is 7.15. The number of methoxy groups -OCH3 is 1. The Morgan fingerprint density at radius 3 is 2.93 bits per heavy atom. The quantitative estimate of drug-likeness (QED) is 0.756. The van der Waals surface area contributed by atoms with Crippen molar-refractivity contribution in [2.24, 2.45) is 0 Å². The summed E-state index contributed by atoms with van der Waals surface area (Å²) in [5.41, 5.74) is 2.24. The number of carbonyl (C=O) groups is 1. The maximum atomic E-state index is 11.5. The summed E-state index contributed by atoms with van der Waals surface area (Å²) in [6.45, 7) is 1.87. The standard InChI is InChI=1S/C11H10ClNO2/c1-6-7-3-4-13-10(7)9(12)5-8(6)11(14)15-2/h3-5,13H,1-2H3. The van der Waals surface area contributed by atoms with E-state index in [2.05, 4.69) is 9.72 Å². The summed E-state index contributed by atoms with van der Waals surface area (Å²) in [5, 5.41) is 1.48. The van der Waals surface area contributed by atoms with Gasteiger partial charge in [0.15, 0.2) is 0 Å². The first-order valence-corrected chi connectivity index (χ1v) is 4.87. The van der Waals surface area contributed by atoms with E-state index in [4.69, 9.17) is 11.6 Å². The SMILES string of the molecule is COC(=O)c1cc(Cl)c2[nH]ccc2c1C. The monoisotopic (exact) mass is 223 g/mol. The van der Waals surface area contributed by atoms with E-state index in [0.29, 0.717) is 10.6 Å². The predicted molar refractivity (Wildman–Crippen MR) is 59.4 cm³/mol. The first-order valence-electron chi connectivity index (χ1n) is 4.49. The summed E-state index contributed by atoms with van der Waals surface area (Å²) in [4.78, 5) is 14.5. The second kappa shape index (κ2) is 3.59. The number of H-pyrrole nitrogens is 1. The van der Waals surface area contributed by atoms with Crippen LogP contribution in [-0.4, -0.2) is 18.1 Å². The highest BCUT2D eigenvalue weighted by Gasteiger charge is 2.14. The van der Waals surface area contributed by atoms with Crippen LogP contribution in [0.3, 0.4) is 0 Å². The lowest BCUT2D eigenvalue weighted by Gasteiger charge is -2.06. The third-order valence-electron chi connectivity index (χ3n) is 2.47. The van der Waals surface area contributed by atoms with Gasteiger partial charge < -0.3 is 9.72 Å². The Labute approximate surface area is 92.0 Å². The molecule has 1 heterocycles. The van der Waals surface area contributed by atoms with Gasteiger partial charge in [-0.1, -0.05) is 11.6 Å². The summed E-state index contributed by atoms with van der Waals surface area (Å²) < 4.78 is 4.69. The summed E-state index contributed by atoms with van der Waals surface area (Å²) in [7, 11) is 1.36. The number of esters is 1. The van der Waals surface area contributed by atoms with Crippen LogP contribution in [0, 0.1) is 6.92 Å². The van der Waals surface area contributed by atoms with E-state index >= 15 is 0 Å². The lowest BCUT2D eigenvalue weighted by atomic mass is 10.0. The van der Waals surface area contributed by atoms with Crippen LogP contribution in [0.4, 0.5) is 0 Å². The molecule has 0 bridgehead atoms. The molecule has 4 heteroatoms.